The second-order valence-corrected chi connectivity index (χ2v) is 5.83. The number of benzene rings is 1. The zero-order valence-electron chi connectivity index (χ0n) is 9.37. The standard InChI is InChI=1S/C12H16N2S/c1-12(2,3)8-5-4-6-9-11(8)14-10(7-13)15-9/h4-6H,7,13H2,1-3H3. The van der Waals surface area contributed by atoms with Gasteiger partial charge in [0.1, 0.15) is 5.01 Å². The number of aromatic nitrogens is 1. The first-order valence-electron chi connectivity index (χ1n) is 5.11. The third kappa shape index (κ3) is 1.90. The maximum atomic E-state index is 5.62. The first-order chi connectivity index (χ1) is 7.02. The van der Waals surface area contributed by atoms with Crippen molar-refractivity contribution in [1.29, 1.82) is 0 Å². The van der Waals surface area contributed by atoms with Gasteiger partial charge < -0.3 is 5.73 Å². The van der Waals surface area contributed by atoms with E-state index in [9.17, 15) is 0 Å². The van der Waals surface area contributed by atoms with Crippen LogP contribution in [0.4, 0.5) is 0 Å². The van der Waals surface area contributed by atoms with Crippen LogP contribution in [-0.4, -0.2) is 4.98 Å². The molecule has 0 unspecified atom stereocenters. The van der Waals surface area contributed by atoms with Gasteiger partial charge in [-0.1, -0.05) is 32.9 Å². The molecular weight excluding hydrogens is 204 g/mol. The molecule has 0 radical (unpaired) electrons. The molecule has 1 heterocycles. The Balaban J connectivity index is 2.70. The normalized spacial score (nSPS) is 12.3. The van der Waals surface area contributed by atoms with E-state index < -0.39 is 0 Å². The van der Waals surface area contributed by atoms with Gasteiger partial charge in [0, 0.05) is 6.54 Å². The van der Waals surface area contributed by atoms with Crippen molar-refractivity contribution in [1.82, 2.24) is 4.98 Å². The van der Waals surface area contributed by atoms with E-state index in [1.54, 1.807) is 11.3 Å². The topological polar surface area (TPSA) is 38.9 Å². The molecule has 15 heavy (non-hydrogen) atoms. The van der Waals surface area contributed by atoms with E-state index in [2.05, 4.69) is 44.0 Å². The second-order valence-electron chi connectivity index (χ2n) is 4.71. The highest BCUT2D eigenvalue weighted by atomic mass is 32.1. The van der Waals surface area contributed by atoms with Gasteiger partial charge in [-0.2, -0.15) is 0 Å². The monoisotopic (exact) mass is 220 g/mol. The van der Waals surface area contributed by atoms with Crippen molar-refractivity contribution in [2.24, 2.45) is 5.73 Å². The molecule has 0 amide bonds. The number of hydrogen-bond acceptors (Lipinski definition) is 3. The molecule has 2 rings (SSSR count). The molecule has 0 spiro atoms. The maximum Gasteiger partial charge on any atom is 0.107 e. The number of para-hydroxylation sites is 1. The fraction of sp³-hybridized carbons (Fsp3) is 0.417. The van der Waals surface area contributed by atoms with E-state index in [0.717, 1.165) is 10.5 Å². The fourth-order valence-electron chi connectivity index (χ4n) is 1.69. The highest BCUT2D eigenvalue weighted by Crippen LogP contribution is 2.32. The highest BCUT2D eigenvalue weighted by molar-refractivity contribution is 7.18. The summed E-state index contributed by atoms with van der Waals surface area (Å²) >= 11 is 1.69. The van der Waals surface area contributed by atoms with Gasteiger partial charge >= 0.3 is 0 Å². The predicted octanol–water partition coefficient (Wildman–Crippen LogP) is 3.05. The summed E-state index contributed by atoms with van der Waals surface area (Å²) in [5.74, 6) is 0. The Morgan fingerprint density at radius 1 is 1.33 bits per heavy atom. The van der Waals surface area contributed by atoms with Gasteiger partial charge in [-0.25, -0.2) is 4.98 Å². The van der Waals surface area contributed by atoms with E-state index in [1.807, 2.05) is 0 Å². The van der Waals surface area contributed by atoms with Crippen LogP contribution in [0.5, 0.6) is 0 Å². The van der Waals surface area contributed by atoms with Crippen LogP contribution in [0.1, 0.15) is 31.3 Å². The van der Waals surface area contributed by atoms with Crippen LogP contribution in [0.3, 0.4) is 0 Å². The molecule has 2 N–H and O–H groups in total. The van der Waals surface area contributed by atoms with Crippen LogP contribution < -0.4 is 5.73 Å². The van der Waals surface area contributed by atoms with E-state index >= 15 is 0 Å². The van der Waals surface area contributed by atoms with Crippen LogP contribution in [0.25, 0.3) is 10.2 Å². The molecule has 2 aromatic rings. The number of nitrogens with two attached hydrogens (primary N) is 1. The lowest BCUT2D eigenvalue weighted by Gasteiger charge is -2.19. The second kappa shape index (κ2) is 3.58. The highest BCUT2D eigenvalue weighted by Gasteiger charge is 2.18. The minimum absolute atomic E-state index is 0.138. The number of rotatable bonds is 1. The Kier molecular flexibility index (Phi) is 2.52. The lowest BCUT2D eigenvalue weighted by Crippen LogP contribution is -2.11. The SMILES string of the molecule is CC(C)(C)c1cccc2sc(CN)nc12. The van der Waals surface area contributed by atoms with Crippen LogP contribution >= 0.6 is 11.3 Å². The number of fused-ring (bicyclic) bond motifs is 1. The van der Waals surface area contributed by atoms with Gasteiger partial charge in [0.25, 0.3) is 0 Å². The van der Waals surface area contributed by atoms with Gasteiger partial charge in [0.05, 0.1) is 10.2 Å². The fourth-order valence-corrected chi connectivity index (χ4v) is 2.56. The van der Waals surface area contributed by atoms with Gasteiger partial charge in [-0.15, -0.1) is 11.3 Å². The molecule has 3 heteroatoms. The van der Waals surface area contributed by atoms with E-state index in [1.165, 1.54) is 10.3 Å². The molecule has 1 aromatic carbocycles. The predicted molar refractivity (Wildman–Crippen MR) is 66.2 cm³/mol. The number of hydrogen-bond donors (Lipinski definition) is 1. The summed E-state index contributed by atoms with van der Waals surface area (Å²) < 4.78 is 1.24. The average Bonchev–Trinajstić information content (AvgIpc) is 2.57. The van der Waals surface area contributed by atoms with E-state index in [4.69, 9.17) is 5.73 Å². The molecule has 0 fully saturated rings. The molecule has 0 aliphatic rings. The molecule has 1 aromatic heterocycles. The zero-order valence-corrected chi connectivity index (χ0v) is 10.2. The quantitative estimate of drug-likeness (QED) is 0.802. The van der Waals surface area contributed by atoms with E-state index in [0.29, 0.717) is 6.54 Å². The molecule has 0 atom stereocenters. The average molecular weight is 220 g/mol. The van der Waals surface area contributed by atoms with Crippen molar-refractivity contribution in [3.8, 4) is 0 Å². The summed E-state index contributed by atoms with van der Waals surface area (Å²) in [6.45, 7) is 7.17. The molecule has 0 aliphatic heterocycles. The smallest absolute Gasteiger partial charge is 0.107 e. The van der Waals surface area contributed by atoms with Crippen molar-refractivity contribution in [3.05, 3.63) is 28.8 Å². The van der Waals surface area contributed by atoms with Gasteiger partial charge in [0.2, 0.25) is 0 Å². The van der Waals surface area contributed by atoms with Crippen LogP contribution in [0.15, 0.2) is 18.2 Å². The van der Waals surface area contributed by atoms with Crippen molar-refractivity contribution >= 4 is 21.6 Å². The molecule has 80 valence electrons. The molecule has 0 saturated heterocycles. The largest absolute Gasteiger partial charge is 0.325 e. The lowest BCUT2D eigenvalue weighted by atomic mass is 9.86. The summed E-state index contributed by atoms with van der Waals surface area (Å²) in [5, 5.41) is 1.02. The molecule has 0 bridgehead atoms. The first kappa shape index (κ1) is 10.6. The van der Waals surface area contributed by atoms with Crippen molar-refractivity contribution in [2.75, 3.05) is 0 Å². The number of nitrogens with zero attached hydrogens (tertiary/aromatic N) is 1. The molecular formula is C12H16N2S. The minimum Gasteiger partial charge on any atom is -0.325 e. The Labute approximate surface area is 94.1 Å². The van der Waals surface area contributed by atoms with Crippen LogP contribution in [-0.2, 0) is 12.0 Å². The van der Waals surface area contributed by atoms with Gasteiger partial charge in [-0.05, 0) is 17.0 Å². The minimum atomic E-state index is 0.138. The van der Waals surface area contributed by atoms with Crippen molar-refractivity contribution < 1.29 is 0 Å². The van der Waals surface area contributed by atoms with Gasteiger partial charge in [-0.3, -0.25) is 0 Å². The first-order valence-corrected chi connectivity index (χ1v) is 5.93. The third-order valence-electron chi connectivity index (χ3n) is 2.45. The summed E-state index contributed by atoms with van der Waals surface area (Å²) in [6.07, 6.45) is 0. The Bertz CT molecular complexity index is 480. The van der Waals surface area contributed by atoms with Crippen LogP contribution in [0, 0.1) is 0 Å². The summed E-state index contributed by atoms with van der Waals surface area (Å²) in [6, 6.07) is 6.37. The van der Waals surface area contributed by atoms with Crippen molar-refractivity contribution in [2.45, 2.75) is 32.7 Å². The Morgan fingerprint density at radius 3 is 2.67 bits per heavy atom. The molecule has 2 nitrogen and oxygen atoms in total. The summed E-state index contributed by atoms with van der Waals surface area (Å²) in [4.78, 5) is 4.59. The molecule has 0 saturated carbocycles. The van der Waals surface area contributed by atoms with Gasteiger partial charge in [0.15, 0.2) is 0 Å². The van der Waals surface area contributed by atoms with Crippen LogP contribution in [0.2, 0.25) is 0 Å². The zero-order chi connectivity index (χ0) is 11.1. The lowest BCUT2D eigenvalue weighted by molar-refractivity contribution is 0.595. The summed E-state index contributed by atoms with van der Waals surface area (Å²) in [5.41, 5.74) is 8.18. The summed E-state index contributed by atoms with van der Waals surface area (Å²) in [7, 11) is 0. The third-order valence-corrected chi connectivity index (χ3v) is 3.49. The van der Waals surface area contributed by atoms with Crippen molar-refractivity contribution in [3.63, 3.8) is 0 Å². The maximum absolute atomic E-state index is 5.62. The Hall–Kier alpha value is -0.930. The number of thiazole rings is 1. The molecule has 0 aliphatic carbocycles. The van der Waals surface area contributed by atoms with E-state index in [-0.39, 0.29) is 5.41 Å². The Morgan fingerprint density at radius 2 is 2.07 bits per heavy atom.